The average molecular weight is 281 g/mol. The highest BCUT2D eigenvalue weighted by Crippen LogP contribution is 2.30. The van der Waals surface area contributed by atoms with E-state index in [-0.39, 0.29) is 5.69 Å². The zero-order valence-corrected chi connectivity index (χ0v) is 11.7. The number of hydrogen-bond acceptors (Lipinski definition) is 4. The van der Waals surface area contributed by atoms with Gasteiger partial charge in [0.25, 0.3) is 0 Å². The predicted octanol–water partition coefficient (Wildman–Crippen LogP) is 1.56. The molecule has 0 aromatic heterocycles. The normalized spacial score (nSPS) is 14.0. The molecular weight excluding hydrogens is 266 g/mol. The van der Waals surface area contributed by atoms with Crippen molar-refractivity contribution in [2.45, 2.75) is 13.0 Å². The third-order valence-electron chi connectivity index (χ3n) is 3.85. The van der Waals surface area contributed by atoms with Crippen LogP contribution in [0.3, 0.4) is 0 Å². The summed E-state index contributed by atoms with van der Waals surface area (Å²) in [6.07, 6.45) is 0.943. The predicted molar refractivity (Wildman–Crippen MR) is 80.4 cm³/mol. The molecule has 106 valence electrons. The molecule has 0 aliphatic carbocycles. The Kier molecular flexibility index (Phi) is 2.57. The number of nitrogens with zero attached hydrogens (tertiary/aromatic N) is 4. The molecule has 6 heteroatoms. The van der Waals surface area contributed by atoms with Crippen LogP contribution in [0.15, 0.2) is 35.1 Å². The lowest BCUT2D eigenvalue weighted by Crippen LogP contribution is -2.36. The van der Waals surface area contributed by atoms with Crippen LogP contribution < -0.4 is 11.0 Å². The number of benzene rings is 1. The van der Waals surface area contributed by atoms with Crippen LogP contribution in [0, 0.1) is 0 Å². The number of fused-ring (bicyclic) bond motifs is 3. The van der Waals surface area contributed by atoms with Gasteiger partial charge in [0.15, 0.2) is 11.6 Å². The Balaban J connectivity index is 2.02. The van der Waals surface area contributed by atoms with E-state index in [1.807, 2.05) is 30.3 Å². The summed E-state index contributed by atoms with van der Waals surface area (Å²) in [5.74, 6) is 2.07. The molecule has 1 aromatic rings. The van der Waals surface area contributed by atoms with Crippen LogP contribution in [0.1, 0.15) is 6.42 Å². The molecule has 0 saturated carbocycles. The molecule has 0 radical (unpaired) electrons. The molecule has 0 atom stereocenters. The highest BCUT2D eigenvalue weighted by atomic mass is 16.1. The van der Waals surface area contributed by atoms with Crippen LogP contribution in [-0.2, 0) is 13.6 Å². The fourth-order valence-electron chi connectivity index (χ4n) is 2.77. The fraction of sp³-hybridized carbons (Fsp3) is 0.267. The van der Waals surface area contributed by atoms with Gasteiger partial charge in [-0.05, 0) is 6.42 Å². The van der Waals surface area contributed by atoms with Gasteiger partial charge >= 0.3 is 5.69 Å². The molecule has 0 spiro atoms. The third kappa shape index (κ3) is 1.75. The molecule has 0 amide bonds. The van der Waals surface area contributed by atoms with E-state index in [4.69, 9.17) is 0 Å². The van der Waals surface area contributed by atoms with E-state index in [0.717, 1.165) is 36.6 Å². The zero-order valence-electron chi connectivity index (χ0n) is 11.7. The van der Waals surface area contributed by atoms with Gasteiger partial charge in [-0.15, -0.1) is 0 Å². The first-order valence-corrected chi connectivity index (χ1v) is 7.02. The second-order valence-electron chi connectivity index (χ2n) is 5.21. The van der Waals surface area contributed by atoms with E-state index in [2.05, 4.69) is 15.3 Å². The summed E-state index contributed by atoms with van der Waals surface area (Å²) < 4.78 is 3.32. The van der Waals surface area contributed by atoms with Crippen molar-refractivity contribution >= 4 is 5.82 Å². The molecule has 0 bridgehead atoms. The number of aromatic nitrogens is 4. The number of hydrogen-bond donors (Lipinski definition) is 1. The highest BCUT2D eigenvalue weighted by molar-refractivity contribution is 5.73. The standard InChI is InChI=1S/C15H15N5O/c1-19-14-11(13-16-8-5-9-20(13)15(19)21)17-12(18-14)10-6-3-2-4-7-10/h2-4,6-7,16H,5,8-9H2,1H3. The minimum Gasteiger partial charge on any atom is -0.369 e. The minimum absolute atomic E-state index is 0.0517. The van der Waals surface area contributed by atoms with Crippen LogP contribution in [0.5, 0.6) is 0 Å². The first-order chi connectivity index (χ1) is 10.3. The number of nitrogens with one attached hydrogen (secondary N) is 1. The molecule has 21 heavy (non-hydrogen) atoms. The van der Waals surface area contributed by atoms with E-state index in [0.29, 0.717) is 11.6 Å². The summed E-state index contributed by atoms with van der Waals surface area (Å²) >= 11 is 0. The van der Waals surface area contributed by atoms with E-state index >= 15 is 0 Å². The Bertz CT molecular complexity index is 833. The van der Waals surface area contributed by atoms with Crippen molar-refractivity contribution in [2.24, 2.45) is 7.05 Å². The van der Waals surface area contributed by atoms with Crippen molar-refractivity contribution in [2.75, 3.05) is 11.9 Å². The molecule has 0 saturated heterocycles. The Labute approximate surface area is 121 Å². The smallest absolute Gasteiger partial charge is 0.331 e. The van der Waals surface area contributed by atoms with Gasteiger partial charge in [-0.3, -0.25) is 9.13 Å². The Morgan fingerprint density at radius 3 is 2.81 bits per heavy atom. The van der Waals surface area contributed by atoms with Crippen molar-refractivity contribution < 1.29 is 0 Å². The van der Waals surface area contributed by atoms with Crippen molar-refractivity contribution in [3.05, 3.63) is 40.8 Å². The van der Waals surface area contributed by atoms with Gasteiger partial charge in [0.05, 0.1) is 0 Å². The lowest BCUT2D eigenvalue weighted by Gasteiger charge is -2.22. The van der Waals surface area contributed by atoms with Crippen LogP contribution in [-0.4, -0.2) is 25.6 Å². The van der Waals surface area contributed by atoms with Gasteiger partial charge in [0, 0.05) is 25.7 Å². The van der Waals surface area contributed by atoms with Crippen LogP contribution >= 0.6 is 0 Å². The Morgan fingerprint density at radius 2 is 2.00 bits per heavy atom. The molecular formula is C15H15N5O. The minimum atomic E-state index is -0.0517. The average Bonchev–Trinajstić information content (AvgIpc) is 2.99. The van der Waals surface area contributed by atoms with Gasteiger partial charge in [-0.25, -0.2) is 14.8 Å². The lowest BCUT2D eigenvalue weighted by atomic mass is 10.2. The summed E-state index contributed by atoms with van der Waals surface area (Å²) in [6, 6.07) is 9.82. The van der Waals surface area contributed by atoms with Crippen molar-refractivity contribution in [1.29, 1.82) is 0 Å². The zero-order chi connectivity index (χ0) is 14.4. The van der Waals surface area contributed by atoms with Crippen LogP contribution in [0.2, 0.25) is 0 Å². The fourth-order valence-corrected chi connectivity index (χ4v) is 2.77. The Hall–Kier alpha value is -2.63. The van der Waals surface area contributed by atoms with E-state index in [1.165, 1.54) is 0 Å². The molecule has 4 rings (SSSR count). The van der Waals surface area contributed by atoms with Crippen molar-refractivity contribution in [3.63, 3.8) is 0 Å². The molecule has 3 aliphatic rings. The second-order valence-corrected chi connectivity index (χ2v) is 5.21. The molecule has 3 heterocycles. The largest absolute Gasteiger partial charge is 0.369 e. The highest BCUT2D eigenvalue weighted by Gasteiger charge is 2.25. The summed E-state index contributed by atoms with van der Waals surface area (Å²) in [5, 5.41) is 3.29. The first-order valence-electron chi connectivity index (χ1n) is 7.02. The maximum atomic E-state index is 12.4. The number of imidazole rings is 1. The SMILES string of the molecule is Cn1c2nc(-c3ccccc3)nc-2c2n(c1=O)CCCN2. The van der Waals surface area contributed by atoms with Gasteiger partial charge < -0.3 is 5.32 Å². The van der Waals surface area contributed by atoms with Crippen LogP contribution in [0.4, 0.5) is 5.82 Å². The number of rotatable bonds is 1. The van der Waals surface area contributed by atoms with Crippen molar-refractivity contribution in [1.82, 2.24) is 19.1 Å². The molecule has 1 N–H and O–H groups in total. The van der Waals surface area contributed by atoms with E-state index in [1.54, 1.807) is 16.2 Å². The maximum Gasteiger partial charge on any atom is 0.331 e. The third-order valence-corrected chi connectivity index (χ3v) is 3.85. The van der Waals surface area contributed by atoms with Gasteiger partial charge in [0.1, 0.15) is 11.5 Å². The molecule has 0 unspecified atom stereocenters. The van der Waals surface area contributed by atoms with Gasteiger partial charge in [-0.1, -0.05) is 30.3 Å². The second kappa shape index (κ2) is 4.44. The van der Waals surface area contributed by atoms with Crippen molar-refractivity contribution in [3.8, 4) is 22.9 Å². The summed E-state index contributed by atoms with van der Waals surface area (Å²) in [6.45, 7) is 1.58. The molecule has 0 fully saturated rings. The van der Waals surface area contributed by atoms with E-state index < -0.39 is 0 Å². The lowest BCUT2D eigenvalue weighted by molar-refractivity contribution is 0.567. The monoisotopic (exact) mass is 281 g/mol. The summed E-state index contributed by atoms with van der Waals surface area (Å²) in [5.41, 5.74) is 1.66. The quantitative estimate of drug-likeness (QED) is 0.735. The van der Waals surface area contributed by atoms with E-state index in [9.17, 15) is 4.79 Å². The molecule has 3 aliphatic heterocycles. The molecule has 6 nitrogen and oxygen atoms in total. The van der Waals surface area contributed by atoms with Gasteiger partial charge in [0.2, 0.25) is 0 Å². The molecule has 1 aromatic carbocycles. The number of anilines is 1. The topological polar surface area (TPSA) is 64.7 Å². The Morgan fingerprint density at radius 1 is 1.19 bits per heavy atom. The summed E-state index contributed by atoms with van der Waals surface area (Å²) in [4.78, 5) is 21.6. The van der Waals surface area contributed by atoms with Gasteiger partial charge in [-0.2, -0.15) is 0 Å². The van der Waals surface area contributed by atoms with Crippen LogP contribution in [0.25, 0.3) is 22.9 Å². The first kappa shape index (κ1) is 12.1. The summed E-state index contributed by atoms with van der Waals surface area (Å²) in [7, 11) is 1.75. The maximum absolute atomic E-state index is 12.4.